The zero-order valence-electron chi connectivity index (χ0n) is 10.6. The van der Waals surface area contributed by atoms with Gasteiger partial charge in [0.1, 0.15) is 11.5 Å². The van der Waals surface area contributed by atoms with E-state index in [2.05, 4.69) is 39.1 Å². The van der Waals surface area contributed by atoms with E-state index in [0.717, 1.165) is 18.1 Å². The Morgan fingerprint density at radius 1 is 1.33 bits per heavy atom. The van der Waals surface area contributed by atoms with Crippen LogP contribution in [0.1, 0.15) is 50.3 Å². The minimum atomic E-state index is 0.428. The molecule has 1 aromatic rings. The van der Waals surface area contributed by atoms with Crippen molar-refractivity contribution in [3.05, 3.63) is 23.2 Å². The summed E-state index contributed by atoms with van der Waals surface area (Å²) < 4.78 is 5.60. The van der Waals surface area contributed by atoms with Crippen molar-refractivity contribution in [1.29, 1.82) is 0 Å². The Morgan fingerprint density at radius 2 is 2.00 bits per heavy atom. The van der Waals surface area contributed by atoms with E-state index in [0.29, 0.717) is 12.0 Å². The van der Waals surface area contributed by atoms with Crippen LogP contribution in [-0.4, -0.2) is 6.54 Å². The van der Waals surface area contributed by atoms with Gasteiger partial charge in [-0.15, -0.1) is 0 Å². The minimum Gasteiger partial charge on any atom is -0.466 e. The van der Waals surface area contributed by atoms with Crippen molar-refractivity contribution >= 4 is 0 Å². The van der Waals surface area contributed by atoms with Crippen molar-refractivity contribution in [2.75, 3.05) is 6.54 Å². The molecule has 0 bridgehead atoms. The van der Waals surface area contributed by atoms with E-state index >= 15 is 0 Å². The first kappa shape index (κ1) is 12.3. The van der Waals surface area contributed by atoms with Gasteiger partial charge in [-0.25, -0.2) is 0 Å². The Morgan fingerprint density at radius 3 is 2.40 bits per heavy atom. The molecular weight excluding hydrogens is 186 g/mol. The van der Waals surface area contributed by atoms with Crippen LogP contribution in [0.15, 0.2) is 10.5 Å². The van der Waals surface area contributed by atoms with E-state index in [1.54, 1.807) is 0 Å². The Bertz CT molecular complexity index is 303. The monoisotopic (exact) mass is 209 g/mol. The van der Waals surface area contributed by atoms with Crippen LogP contribution in [0.5, 0.6) is 0 Å². The summed E-state index contributed by atoms with van der Waals surface area (Å²) in [5.74, 6) is 2.70. The summed E-state index contributed by atoms with van der Waals surface area (Å²) in [6.45, 7) is 11.7. The summed E-state index contributed by atoms with van der Waals surface area (Å²) in [5, 5.41) is 3.54. The van der Waals surface area contributed by atoms with Gasteiger partial charge in [-0.2, -0.15) is 0 Å². The van der Waals surface area contributed by atoms with E-state index in [1.807, 2.05) is 6.92 Å². The first-order valence-corrected chi connectivity index (χ1v) is 5.90. The third-order valence-corrected chi connectivity index (χ3v) is 3.05. The quantitative estimate of drug-likeness (QED) is 0.801. The third kappa shape index (κ3) is 2.85. The van der Waals surface area contributed by atoms with Gasteiger partial charge in [0.15, 0.2) is 0 Å². The Labute approximate surface area is 93.1 Å². The lowest BCUT2D eigenvalue weighted by atomic mass is 9.92. The highest BCUT2D eigenvalue weighted by atomic mass is 16.3. The van der Waals surface area contributed by atoms with Gasteiger partial charge in [-0.1, -0.05) is 27.2 Å². The predicted octanol–water partition coefficient (Wildman–Crippen LogP) is 3.59. The highest BCUT2D eigenvalue weighted by Gasteiger charge is 2.20. The molecular formula is C13H23NO. The van der Waals surface area contributed by atoms with Crippen LogP contribution < -0.4 is 5.32 Å². The van der Waals surface area contributed by atoms with Crippen LogP contribution in [0.3, 0.4) is 0 Å². The molecule has 0 saturated heterocycles. The first-order chi connectivity index (χ1) is 7.10. The van der Waals surface area contributed by atoms with Crippen LogP contribution in [0.25, 0.3) is 0 Å². The largest absolute Gasteiger partial charge is 0.466 e. The summed E-state index contributed by atoms with van der Waals surface area (Å²) in [6, 6.07) is 2.59. The van der Waals surface area contributed by atoms with Crippen molar-refractivity contribution in [2.24, 2.45) is 5.92 Å². The molecule has 86 valence electrons. The molecule has 0 aliphatic rings. The van der Waals surface area contributed by atoms with Gasteiger partial charge in [0.05, 0.1) is 0 Å². The fraction of sp³-hybridized carbons (Fsp3) is 0.692. The Kier molecular flexibility index (Phi) is 4.40. The van der Waals surface area contributed by atoms with Gasteiger partial charge >= 0.3 is 0 Å². The molecule has 1 rings (SSSR count). The second-order valence-electron chi connectivity index (χ2n) is 4.29. The second-order valence-corrected chi connectivity index (χ2v) is 4.29. The SMILES string of the molecule is CCNC(c1cc(C)oc1C)C(C)CC. The van der Waals surface area contributed by atoms with Crippen LogP contribution in [-0.2, 0) is 0 Å². The Balaban J connectivity index is 2.92. The van der Waals surface area contributed by atoms with Crippen molar-refractivity contribution in [3.8, 4) is 0 Å². The lowest BCUT2D eigenvalue weighted by molar-refractivity contribution is 0.376. The van der Waals surface area contributed by atoms with E-state index < -0.39 is 0 Å². The van der Waals surface area contributed by atoms with Gasteiger partial charge in [-0.3, -0.25) is 0 Å². The molecule has 0 aromatic carbocycles. The zero-order valence-corrected chi connectivity index (χ0v) is 10.6. The Hall–Kier alpha value is -0.760. The second kappa shape index (κ2) is 5.36. The summed E-state index contributed by atoms with van der Waals surface area (Å²) in [6.07, 6.45) is 1.18. The molecule has 0 spiro atoms. The topological polar surface area (TPSA) is 25.2 Å². The molecule has 0 fully saturated rings. The maximum atomic E-state index is 5.60. The summed E-state index contributed by atoms with van der Waals surface area (Å²) in [7, 11) is 0. The highest BCUT2D eigenvalue weighted by Crippen LogP contribution is 2.28. The number of furan rings is 1. The predicted molar refractivity (Wildman–Crippen MR) is 64.1 cm³/mol. The number of hydrogen-bond donors (Lipinski definition) is 1. The number of rotatable bonds is 5. The zero-order chi connectivity index (χ0) is 11.4. The summed E-state index contributed by atoms with van der Waals surface area (Å²) in [5.41, 5.74) is 1.32. The molecule has 1 aromatic heterocycles. The fourth-order valence-electron chi connectivity index (χ4n) is 2.03. The lowest BCUT2D eigenvalue weighted by Gasteiger charge is -2.23. The van der Waals surface area contributed by atoms with Crippen LogP contribution in [0.4, 0.5) is 0 Å². The van der Waals surface area contributed by atoms with E-state index in [1.165, 1.54) is 12.0 Å². The van der Waals surface area contributed by atoms with Crippen molar-refractivity contribution in [2.45, 2.75) is 47.1 Å². The summed E-state index contributed by atoms with van der Waals surface area (Å²) >= 11 is 0. The number of aryl methyl sites for hydroxylation is 2. The molecule has 0 aliphatic carbocycles. The van der Waals surface area contributed by atoms with Gasteiger partial charge in [0.25, 0.3) is 0 Å². The number of hydrogen-bond acceptors (Lipinski definition) is 2. The van der Waals surface area contributed by atoms with E-state index in [4.69, 9.17) is 4.42 Å². The van der Waals surface area contributed by atoms with Gasteiger partial charge < -0.3 is 9.73 Å². The minimum absolute atomic E-state index is 0.428. The normalized spacial score (nSPS) is 15.3. The molecule has 2 nitrogen and oxygen atoms in total. The standard InChI is InChI=1S/C13H23NO/c1-6-9(3)13(14-7-2)12-8-10(4)15-11(12)5/h8-9,13-14H,6-7H2,1-5H3. The van der Waals surface area contributed by atoms with Crippen LogP contribution in [0.2, 0.25) is 0 Å². The molecule has 0 radical (unpaired) electrons. The third-order valence-electron chi connectivity index (χ3n) is 3.05. The van der Waals surface area contributed by atoms with Gasteiger partial charge in [0.2, 0.25) is 0 Å². The number of nitrogens with one attached hydrogen (secondary N) is 1. The molecule has 15 heavy (non-hydrogen) atoms. The van der Waals surface area contributed by atoms with Crippen LogP contribution >= 0.6 is 0 Å². The average Bonchev–Trinajstić information content (AvgIpc) is 2.53. The van der Waals surface area contributed by atoms with Gasteiger partial charge in [-0.05, 0) is 32.4 Å². The van der Waals surface area contributed by atoms with Crippen molar-refractivity contribution in [3.63, 3.8) is 0 Å². The van der Waals surface area contributed by atoms with Crippen molar-refractivity contribution in [1.82, 2.24) is 5.32 Å². The average molecular weight is 209 g/mol. The maximum Gasteiger partial charge on any atom is 0.105 e. The first-order valence-electron chi connectivity index (χ1n) is 5.90. The molecule has 2 heteroatoms. The van der Waals surface area contributed by atoms with E-state index in [-0.39, 0.29) is 0 Å². The smallest absolute Gasteiger partial charge is 0.105 e. The van der Waals surface area contributed by atoms with Crippen molar-refractivity contribution < 1.29 is 4.42 Å². The molecule has 2 atom stereocenters. The lowest BCUT2D eigenvalue weighted by Crippen LogP contribution is -2.26. The maximum absolute atomic E-state index is 5.60. The molecule has 0 saturated carbocycles. The molecule has 0 amide bonds. The fourth-order valence-corrected chi connectivity index (χ4v) is 2.03. The molecule has 1 N–H and O–H groups in total. The van der Waals surface area contributed by atoms with E-state index in [9.17, 15) is 0 Å². The highest BCUT2D eigenvalue weighted by molar-refractivity contribution is 5.24. The molecule has 0 aliphatic heterocycles. The molecule has 1 heterocycles. The van der Waals surface area contributed by atoms with Crippen LogP contribution in [0, 0.1) is 19.8 Å². The van der Waals surface area contributed by atoms with Gasteiger partial charge in [0, 0.05) is 11.6 Å². The molecule has 2 unspecified atom stereocenters. The summed E-state index contributed by atoms with van der Waals surface area (Å²) in [4.78, 5) is 0.